The van der Waals surface area contributed by atoms with Crippen molar-refractivity contribution in [3.8, 4) is 0 Å². The van der Waals surface area contributed by atoms with Crippen LogP contribution in [0.5, 0.6) is 0 Å². The van der Waals surface area contributed by atoms with E-state index in [1.165, 1.54) is 0 Å². The summed E-state index contributed by atoms with van der Waals surface area (Å²) in [5.74, 6) is -1.55. The van der Waals surface area contributed by atoms with Crippen LogP contribution < -0.4 is 0 Å². The van der Waals surface area contributed by atoms with Gasteiger partial charge in [0.2, 0.25) is 0 Å². The third-order valence-electron chi connectivity index (χ3n) is 1.02. The van der Waals surface area contributed by atoms with Gasteiger partial charge in [0.05, 0.1) is 6.21 Å². The van der Waals surface area contributed by atoms with E-state index in [-0.39, 0.29) is 5.56 Å². The third-order valence-corrected chi connectivity index (χ3v) is 1.02. The van der Waals surface area contributed by atoms with Crippen molar-refractivity contribution in [1.82, 2.24) is 0 Å². The summed E-state index contributed by atoms with van der Waals surface area (Å²) in [5.41, 5.74) is 0.0602. The zero-order valence-corrected chi connectivity index (χ0v) is 5.38. The number of rotatable bonds is 1. The predicted molar refractivity (Wildman–Crippen MR) is 34.6 cm³/mol. The Hall–Kier alpha value is -1.45. The Morgan fingerprint density at radius 2 is 2.18 bits per heavy atom. The van der Waals surface area contributed by atoms with Crippen LogP contribution in [0.15, 0.2) is 17.3 Å². The van der Waals surface area contributed by atoms with Crippen LogP contribution in [0.2, 0.25) is 0 Å². The molecular weight excluding hydrogens is 152 g/mol. The van der Waals surface area contributed by atoms with E-state index in [2.05, 4.69) is 11.2 Å². The highest BCUT2D eigenvalue weighted by Gasteiger charge is 1.97. The molecule has 0 aliphatic heterocycles. The fourth-order valence-electron chi connectivity index (χ4n) is 0.653. The van der Waals surface area contributed by atoms with Crippen LogP contribution in [-0.4, -0.2) is 11.4 Å². The van der Waals surface area contributed by atoms with Gasteiger partial charge in [0.25, 0.3) is 0 Å². The van der Waals surface area contributed by atoms with Crippen LogP contribution >= 0.6 is 0 Å². The maximum atomic E-state index is 12.3. The summed E-state index contributed by atoms with van der Waals surface area (Å²) in [6.45, 7) is 0. The van der Waals surface area contributed by atoms with Crippen molar-refractivity contribution in [3.63, 3.8) is 0 Å². The first-order valence-electron chi connectivity index (χ1n) is 2.78. The molecule has 1 radical (unpaired) electrons. The van der Waals surface area contributed by atoms with Gasteiger partial charge in [-0.15, -0.1) is 0 Å². The molecule has 0 saturated heterocycles. The van der Waals surface area contributed by atoms with Gasteiger partial charge < -0.3 is 5.21 Å². The molecule has 0 amide bonds. The predicted octanol–water partition coefficient (Wildman–Crippen LogP) is 1.57. The molecule has 0 bridgehead atoms. The highest BCUT2D eigenvalue weighted by atomic mass is 19.1. The largest absolute Gasteiger partial charge is 0.411 e. The van der Waals surface area contributed by atoms with Gasteiger partial charge in [-0.25, -0.2) is 8.78 Å². The van der Waals surface area contributed by atoms with Gasteiger partial charge in [-0.3, -0.25) is 0 Å². The second kappa shape index (κ2) is 3.09. The van der Waals surface area contributed by atoms with Crippen LogP contribution in [0.25, 0.3) is 0 Å². The van der Waals surface area contributed by atoms with Gasteiger partial charge in [0.1, 0.15) is 11.6 Å². The van der Waals surface area contributed by atoms with Crippen LogP contribution in [0.4, 0.5) is 8.78 Å². The smallest absolute Gasteiger partial charge is 0.134 e. The molecule has 0 fully saturated rings. The summed E-state index contributed by atoms with van der Waals surface area (Å²) in [6, 6.07) is 3.83. The summed E-state index contributed by atoms with van der Waals surface area (Å²) >= 11 is 0. The van der Waals surface area contributed by atoms with Gasteiger partial charge >= 0.3 is 0 Å². The molecule has 4 heteroatoms. The summed E-state index contributed by atoms with van der Waals surface area (Å²) in [4.78, 5) is 0. The lowest BCUT2D eigenvalue weighted by Gasteiger charge is -1.91. The zero-order chi connectivity index (χ0) is 8.27. The molecule has 1 aromatic rings. The molecule has 57 valence electrons. The average molecular weight is 156 g/mol. The molecule has 11 heavy (non-hydrogen) atoms. The number of hydrogen-bond donors (Lipinski definition) is 1. The first kappa shape index (κ1) is 7.65. The van der Waals surface area contributed by atoms with Crippen LogP contribution in [0.1, 0.15) is 5.56 Å². The van der Waals surface area contributed by atoms with Crippen LogP contribution in [0.3, 0.4) is 0 Å². The molecule has 1 aromatic carbocycles. The molecule has 0 atom stereocenters. The SMILES string of the molecule is O/N=C\c1[c]c(F)cc(F)c1. The van der Waals surface area contributed by atoms with Crippen molar-refractivity contribution in [2.24, 2.45) is 5.16 Å². The molecule has 0 aliphatic rings. The number of nitrogens with zero attached hydrogens (tertiary/aromatic N) is 1. The molecule has 0 heterocycles. The van der Waals surface area contributed by atoms with Crippen molar-refractivity contribution < 1.29 is 14.0 Å². The minimum absolute atomic E-state index is 0.0602. The monoisotopic (exact) mass is 156 g/mol. The van der Waals surface area contributed by atoms with Gasteiger partial charge in [0, 0.05) is 17.7 Å². The lowest BCUT2D eigenvalue weighted by molar-refractivity contribution is 0.322. The standard InChI is InChI=1S/C7H4F2NO/c8-6-1-5(4-10-11)2-7(9)3-6/h1,3-4,11H/b10-4-. The Bertz CT molecular complexity index is 266. The Morgan fingerprint density at radius 3 is 2.73 bits per heavy atom. The van der Waals surface area contributed by atoms with E-state index in [0.717, 1.165) is 12.3 Å². The van der Waals surface area contributed by atoms with E-state index in [0.29, 0.717) is 6.07 Å². The fourth-order valence-corrected chi connectivity index (χ4v) is 0.653. The lowest BCUT2D eigenvalue weighted by Crippen LogP contribution is -1.86. The van der Waals surface area contributed by atoms with Crippen molar-refractivity contribution in [1.29, 1.82) is 0 Å². The van der Waals surface area contributed by atoms with E-state index in [1.807, 2.05) is 0 Å². The molecule has 0 saturated carbocycles. The van der Waals surface area contributed by atoms with Gasteiger partial charge in [-0.1, -0.05) is 5.16 Å². The molecule has 1 rings (SSSR count). The van der Waals surface area contributed by atoms with Gasteiger partial charge in [-0.2, -0.15) is 0 Å². The van der Waals surface area contributed by atoms with E-state index >= 15 is 0 Å². The second-order valence-corrected chi connectivity index (χ2v) is 1.85. The Morgan fingerprint density at radius 1 is 1.45 bits per heavy atom. The molecule has 0 aliphatic carbocycles. The second-order valence-electron chi connectivity index (χ2n) is 1.85. The highest BCUT2D eigenvalue weighted by molar-refractivity contribution is 5.78. The minimum Gasteiger partial charge on any atom is -0.411 e. The lowest BCUT2D eigenvalue weighted by atomic mass is 10.2. The average Bonchev–Trinajstić information content (AvgIpc) is 1.85. The molecular formula is C7H4F2NO. The van der Waals surface area contributed by atoms with Crippen molar-refractivity contribution >= 4 is 6.21 Å². The zero-order valence-electron chi connectivity index (χ0n) is 5.38. The summed E-state index contributed by atoms with van der Waals surface area (Å²) in [7, 11) is 0. The molecule has 0 spiro atoms. The maximum Gasteiger partial charge on any atom is 0.134 e. The Labute approximate surface area is 61.8 Å². The number of halogens is 2. The number of oxime groups is 1. The molecule has 2 nitrogen and oxygen atoms in total. The molecule has 0 unspecified atom stereocenters. The van der Waals surface area contributed by atoms with E-state index in [9.17, 15) is 8.78 Å². The minimum atomic E-state index is -0.820. The van der Waals surface area contributed by atoms with E-state index < -0.39 is 11.6 Å². The highest BCUT2D eigenvalue weighted by Crippen LogP contribution is 2.04. The Balaban J connectivity index is 3.08. The van der Waals surface area contributed by atoms with E-state index in [1.54, 1.807) is 0 Å². The first-order valence-corrected chi connectivity index (χ1v) is 2.78. The van der Waals surface area contributed by atoms with E-state index in [4.69, 9.17) is 5.21 Å². The number of benzene rings is 1. The third kappa shape index (κ3) is 2.00. The summed E-state index contributed by atoms with van der Waals surface area (Å²) < 4.78 is 24.7. The van der Waals surface area contributed by atoms with Crippen molar-refractivity contribution in [3.05, 3.63) is 35.4 Å². The normalized spacial score (nSPS) is 10.7. The van der Waals surface area contributed by atoms with Crippen molar-refractivity contribution in [2.75, 3.05) is 0 Å². The molecule has 1 N–H and O–H groups in total. The van der Waals surface area contributed by atoms with Gasteiger partial charge in [-0.05, 0) is 6.07 Å². The van der Waals surface area contributed by atoms with Crippen LogP contribution in [-0.2, 0) is 0 Å². The quantitative estimate of drug-likeness (QED) is 0.373. The first-order chi connectivity index (χ1) is 5.22. The maximum absolute atomic E-state index is 12.3. The van der Waals surface area contributed by atoms with Gasteiger partial charge in [0.15, 0.2) is 0 Å². The summed E-state index contributed by atoms with van der Waals surface area (Å²) in [5, 5.41) is 10.6. The van der Waals surface area contributed by atoms with Crippen LogP contribution in [0, 0.1) is 17.7 Å². The topological polar surface area (TPSA) is 32.6 Å². The Kier molecular flexibility index (Phi) is 2.15. The molecule has 0 aromatic heterocycles. The fraction of sp³-hybridized carbons (Fsp3) is 0. The van der Waals surface area contributed by atoms with Crippen molar-refractivity contribution in [2.45, 2.75) is 0 Å². The number of hydrogen-bond acceptors (Lipinski definition) is 2. The summed E-state index contributed by atoms with van der Waals surface area (Å²) in [6.07, 6.45) is 0.895.